The number of halogens is 3. The van der Waals surface area contributed by atoms with E-state index in [1.54, 1.807) is 42.5 Å². The number of anilines is 1. The highest BCUT2D eigenvalue weighted by molar-refractivity contribution is 7.99. The number of thioether (sulfide) groups is 1. The van der Waals surface area contributed by atoms with Crippen LogP contribution in [0.15, 0.2) is 47.4 Å². The number of nitrogens with zero attached hydrogens (tertiary/aromatic N) is 1. The van der Waals surface area contributed by atoms with Crippen LogP contribution in [0.3, 0.4) is 0 Å². The van der Waals surface area contributed by atoms with Crippen LogP contribution >= 0.6 is 34.7 Å². The molecule has 0 aliphatic heterocycles. The average molecular weight is 371 g/mol. The zero-order valence-electron chi connectivity index (χ0n) is 11.4. The van der Waals surface area contributed by atoms with E-state index in [0.29, 0.717) is 37.9 Å². The summed E-state index contributed by atoms with van der Waals surface area (Å²) in [5.41, 5.74) is 0.914. The Balaban J connectivity index is 1.83. The zero-order valence-corrected chi connectivity index (χ0v) is 13.8. The van der Waals surface area contributed by atoms with Crippen LogP contribution in [0.2, 0.25) is 5.02 Å². The summed E-state index contributed by atoms with van der Waals surface area (Å²) < 4.78 is 25.6. The predicted octanol–water partition coefficient (Wildman–Crippen LogP) is 5.52. The highest BCUT2D eigenvalue weighted by atomic mass is 35.5. The van der Waals surface area contributed by atoms with E-state index >= 15 is 0 Å². The van der Waals surface area contributed by atoms with Crippen LogP contribution in [0.5, 0.6) is 0 Å². The molecule has 3 aromatic rings. The summed E-state index contributed by atoms with van der Waals surface area (Å²) in [6.07, 6.45) is 0. The Morgan fingerprint density at radius 3 is 2.78 bits per heavy atom. The first-order chi connectivity index (χ1) is 11.0. The first-order valence-electron chi connectivity index (χ1n) is 6.44. The van der Waals surface area contributed by atoms with Crippen LogP contribution in [0.1, 0.15) is 10.4 Å². The highest BCUT2D eigenvalue weighted by Crippen LogP contribution is 2.32. The zero-order chi connectivity index (χ0) is 16.4. The Morgan fingerprint density at radius 2 is 2.04 bits per heavy atom. The molecule has 3 nitrogen and oxygen atoms in total. The molecular weight excluding hydrogens is 362 g/mol. The van der Waals surface area contributed by atoms with Gasteiger partial charge in [-0.3, -0.25) is 10.1 Å². The summed E-state index contributed by atoms with van der Waals surface area (Å²) in [4.78, 5) is 16.9. The van der Waals surface area contributed by atoms with Gasteiger partial charge in [0.15, 0.2) is 5.13 Å². The van der Waals surface area contributed by atoms with E-state index in [-0.39, 0.29) is 5.91 Å². The molecule has 3 rings (SSSR count). The number of aromatic nitrogens is 1. The Morgan fingerprint density at radius 1 is 1.26 bits per heavy atom. The minimum atomic E-state index is -2.48. The number of fused-ring (bicyclic) bond motifs is 1. The van der Waals surface area contributed by atoms with E-state index in [1.165, 1.54) is 11.3 Å². The molecule has 0 unspecified atom stereocenters. The first kappa shape index (κ1) is 16.2. The monoisotopic (exact) mass is 370 g/mol. The maximum Gasteiger partial charge on any atom is 0.288 e. The van der Waals surface area contributed by atoms with Crippen molar-refractivity contribution in [3.8, 4) is 0 Å². The van der Waals surface area contributed by atoms with Crippen LogP contribution in [0, 0.1) is 0 Å². The highest BCUT2D eigenvalue weighted by Gasteiger charge is 2.13. The number of carbonyl (C=O) groups is 1. The number of hydrogen-bond acceptors (Lipinski definition) is 4. The quantitative estimate of drug-likeness (QED) is 0.615. The molecule has 1 heterocycles. The van der Waals surface area contributed by atoms with Gasteiger partial charge in [0.1, 0.15) is 0 Å². The van der Waals surface area contributed by atoms with Gasteiger partial charge < -0.3 is 0 Å². The fraction of sp³-hybridized carbons (Fsp3) is 0.0667. The lowest BCUT2D eigenvalue weighted by Crippen LogP contribution is -2.11. The summed E-state index contributed by atoms with van der Waals surface area (Å²) in [5.74, 6) is -2.85. The molecule has 0 saturated carbocycles. The first-order valence-corrected chi connectivity index (χ1v) is 8.51. The molecule has 1 amide bonds. The Labute approximate surface area is 143 Å². The van der Waals surface area contributed by atoms with Gasteiger partial charge in [-0.05, 0) is 30.3 Å². The molecular formula is C15H9ClF2N2OS2. The van der Waals surface area contributed by atoms with E-state index in [1.807, 2.05) is 0 Å². The third-order valence-electron chi connectivity index (χ3n) is 2.92. The normalized spacial score (nSPS) is 11.1. The number of alkyl halides is 2. The second-order valence-electron chi connectivity index (χ2n) is 4.46. The third kappa shape index (κ3) is 3.80. The summed E-state index contributed by atoms with van der Waals surface area (Å²) in [6.45, 7) is 0. The Kier molecular flexibility index (Phi) is 4.79. The topological polar surface area (TPSA) is 42.0 Å². The van der Waals surface area contributed by atoms with Gasteiger partial charge in [-0.2, -0.15) is 8.78 Å². The largest absolute Gasteiger partial charge is 0.298 e. The molecule has 0 fully saturated rings. The fourth-order valence-electron chi connectivity index (χ4n) is 1.95. The molecule has 0 saturated heterocycles. The summed E-state index contributed by atoms with van der Waals surface area (Å²) >= 11 is 7.71. The van der Waals surface area contributed by atoms with Crippen molar-refractivity contribution in [3.63, 3.8) is 0 Å². The van der Waals surface area contributed by atoms with Crippen molar-refractivity contribution in [3.05, 3.63) is 53.1 Å². The third-order valence-corrected chi connectivity index (χ3v) is 4.91. The van der Waals surface area contributed by atoms with Crippen LogP contribution in [-0.4, -0.2) is 16.6 Å². The van der Waals surface area contributed by atoms with Crippen LogP contribution in [0.25, 0.3) is 10.2 Å². The van der Waals surface area contributed by atoms with Gasteiger partial charge in [0.05, 0.1) is 20.8 Å². The van der Waals surface area contributed by atoms with Crippen molar-refractivity contribution < 1.29 is 13.6 Å². The Hall–Kier alpha value is -1.70. The number of hydrogen-bond donors (Lipinski definition) is 1. The molecule has 2 aromatic carbocycles. The molecule has 0 aliphatic carbocycles. The maximum absolute atomic E-state index is 12.4. The van der Waals surface area contributed by atoms with Crippen LogP contribution in [-0.2, 0) is 0 Å². The van der Waals surface area contributed by atoms with Crippen molar-refractivity contribution >= 4 is 56.0 Å². The summed E-state index contributed by atoms with van der Waals surface area (Å²) in [7, 11) is 0. The molecule has 0 bridgehead atoms. The van der Waals surface area contributed by atoms with Crippen LogP contribution < -0.4 is 5.32 Å². The molecule has 118 valence electrons. The van der Waals surface area contributed by atoms with E-state index in [9.17, 15) is 13.6 Å². The van der Waals surface area contributed by atoms with Gasteiger partial charge in [-0.1, -0.05) is 46.8 Å². The van der Waals surface area contributed by atoms with Crippen molar-refractivity contribution in [1.29, 1.82) is 0 Å². The van der Waals surface area contributed by atoms with Gasteiger partial charge >= 0.3 is 0 Å². The summed E-state index contributed by atoms with van der Waals surface area (Å²) in [6, 6.07) is 11.6. The van der Waals surface area contributed by atoms with Crippen LogP contribution in [0.4, 0.5) is 13.9 Å². The van der Waals surface area contributed by atoms with Crippen molar-refractivity contribution in [2.45, 2.75) is 10.7 Å². The van der Waals surface area contributed by atoms with Gasteiger partial charge in [0.25, 0.3) is 11.7 Å². The lowest BCUT2D eigenvalue weighted by molar-refractivity contribution is 0.102. The maximum atomic E-state index is 12.4. The molecule has 0 spiro atoms. The Bertz CT molecular complexity index is 870. The average Bonchev–Trinajstić information content (AvgIpc) is 2.88. The lowest BCUT2D eigenvalue weighted by Gasteiger charge is -2.02. The van der Waals surface area contributed by atoms with E-state index in [2.05, 4.69) is 10.3 Å². The van der Waals surface area contributed by atoms with E-state index in [0.717, 1.165) is 4.70 Å². The number of thiazole rings is 1. The molecule has 0 atom stereocenters. The number of benzene rings is 2. The minimum absolute atomic E-state index is 0.349. The molecule has 0 aliphatic rings. The van der Waals surface area contributed by atoms with Gasteiger partial charge in [-0.15, -0.1) is 0 Å². The molecule has 0 radical (unpaired) electrons. The second kappa shape index (κ2) is 6.82. The number of nitrogens with one attached hydrogen (secondary N) is 1. The number of amides is 1. The predicted molar refractivity (Wildman–Crippen MR) is 90.9 cm³/mol. The lowest BCUT2D eigenvalue weighted by atomic mass is 10.2. The van der Waals surface area contributed by atoms with E-state index in [4.69, 9.17) is 11.6 Å². The van der Waals surface area contributed by atoms with Crippen molar-refractivity contribution in [2.24, 2.45) is 0 Å². The minimum Gasteiger partial charge on any atom is -0.298 e. The van der Waals surface area contributed by atoms with Crippen molar-refractivity contribution in [2.75, 3.05) is 5.32 Å². The molecule has 1 aromatic heterocycles. The van der Waals surface area contributed by atoms with E-state index < -0.39 is 5.76 Å². The summed E-state index contributed by atoms with van der Waals surface area (Å²) in [5, 5.41) is 3.42. The fourth-order valence-corrected chi connectivity index (χ4v) is 3.54. The molecule has 23 heavy (non-hydrogen) atoms. The number of rotatable bonds is 4. The smallest absolute Gasteiger partial charge is 0.288 e. The second-order valence-corrected chi connectivity index (χ2v) is 6.96. The molecule has 1 N–H and O–H groups in total. The van der Waals surface area contributed by atoms with Gasteiger partial charge in [-0.25, -0.2) is 4.98 Å². The SMILES string of the molecule is O=C(Nc1nc2cc(SC(F)F)ccc2s1)c1ccccc1Cl. The number of carbonyl (C=O) groups excluding carboxylic acids is 1. The molecule has 8 heteroatoms. The van der Waals surface area contributed by atoms with Gasteiger partial charge in [0, 0.05) is 4.90 Å². The van der Waals surface area contributed by atoms with Gasteiger partial charge in [0.2, 0.25) is 0 Å². The van der Waals surface area contributed by atoms with Crippen molar-refractivity contribution in [1.82, 2.24) is 4.98 Å². The standard InChI is InChI=1S/C15H9ClF2N2OS2/c16-10-4-2-1-3-9(10)13(21)20-15-19-11-7-8(22-14(17)18)5-6-12(11)23-15/h1-7,14H,(H,19,20,21).